The zero-order chi connectivity index (χ0) is 34.9. The number of fused-ring (bicyclic) bond motifs is 7. The van der Waals surface area contributed by atoms with E-state index in [-0.39, 0.29) is 0 Å². The van der Waals surface area contributed by atoms with Gasteiger partial charge in [0, 0.05) is 16.5 Å². The van der Waals surface area contributed by atoms with Crippen molar-refractivity contribution in [3.05, 3.63) is 200 Å². The van der Waals surface area contributed by atoms with Crippen LogP contribution >= 0.6 is 0 Å². The van der Waals surface area contributed by atoms with Crippen LogP contribution in [0.3, 0.4) is 0 Å². The average molecular weight is 672 g/mol. The molecule has 0 bridgehead atoms. The standard InChI is InChI=1S/C52H33N/c1-2-14-37-32-38(25-24-34(37)12-1)39-28-31-50-48(33-39)42-17-9-10-23-49(42)53(50)40-29-26-36(27-30-40)51-44-18-5-7-20-46(44)52(47-21-8-6-19-45(47)51)43-22-11-15-35-13-3-4-16-41(35)43/h1-33H. The lowest BCUT2D eigenvalue weighted by Gasteiger charge is -2.19. The highest BCUT2D eigenvalue weighted by atomic mass is 15.0. The average Bonchev–Trinajstić information content (AvgIpc) is 3.56. The summed E-state index contributed by atoms with van der Waals surface area (Å²) in [6.45, 7) is 0. The molecular formula is C52H33N. The molecule has 1 heteroatoms. The van der Waals surface area contributed by atoms with Crippen LogP contribution in [-0.2, 0) is 0 Å². The maximum atomic E-state index is 2.42. The molecule has 0 aliphatic carbocycles. The maximum Gasteiger partial charge on any atom is 0.0541 e. The van der Waals surface area contributed by atoms with Crippen LogP contribution in [0.1, 0.15) is 0 Å². The molecule has 0 amide bonds. The smallest absolute Gasteiger partial charge is 0.0541 e. The molecule has 11 rings (SSSR count). The van der Waals surface area contributed by atoms with Crippen LogP contribution in [0, 0.1) is 0 Å². The number of para-hydroxylation sites is 1. The van der Waals surface area contributed by atoms with E-state index in [1.54, 1.807) is 0 Å². The van der Waals surface area contributed by atoms with Crippen molar-refractivity contribution < 1.29 is 0 Å². The van der Waals surface area contributed by atoms with Crippen molar-refractivity contribution in [2.24, 2.45) is 0 Å². The normalized spacial score (nSPS) is 11.8. The second-order valence-corrected chi connectivity index (χ2v) is 14.1. The first-order chi connectivity index (χ1) is 26.3. The molecular weight excluding hydrogens is 639 g/mol. The summed E-state index contributed by atoms with van der Waals surface area (Å²) >= 11 is 0. The molecule has 0 atom stereocenters. The molecule has 10 aromatic carbocycles. The largest absolute Gasteiger partial charge is 0.309 e. The van der Waals surface area contributed by atoms with Gasteiger partial charge in [0.15, 0.2) is 0 Å². The van der Waals surface area contributed by atoms with E-state index in [4.69, 9.17) is 0 Å². The maximum absolute atomic E-state index is 2.42. The van der Waals surface area contributed by atoms with Crippen LogP contribution in [0.15, 0.2) is 200 Å². The Bertz CT molecular complexity index is 3150. The van der Waals surface area contributed by atoms with Gasteiger partial charge in [0.2, 0.25) is 0 Å². The molecule has 0 spiro atoms. The number of nitrogens with zero attached hydrogens (tertiary/aromatic N) is 1. The monoisotopic (exact) mass is 671 g/mol. The molecule has 53 heavy (non-hydrogen) atoms. The van der Waals surface area contributed by atoms with E-state index in [0.29, 0.717) is 0 Å². The third-order valence-corrected chi connectivity index (χ3v) is 11.2. The molecule has 0 radical (unpaired) electrons. The van der Waals surface area contributed by atoms with Gasteiger partial charge in [-0.1, -0.05) is 164 Å². The summed E-state index contributed by atoms with van der Waals surface area (Å²) in [5.41, 5.74) is 11.1. The molecule has 0 saturated heterocycles. The second kappa shape index (κ2) is 11.8. The van der Waals surface area contributed by atoms with E-state index in [2.05, 4.69) is 205 Å². The van der Waals surface area contributed by atoms with E-state index in [1.807, 2.05) is 0 Å². The Morgan fingerprint density at radius 1 is 0.264 bits per heavy atom. The van der Waals surface area contributed by atoms with Gasteiger partial charge in [0.25, 0.3) is 0 Å². The molecule has 0 aliphatic heterocycles. The Labute approximate surface area is 307 Å². The fraction of sp³-hybridized carbons (Fsp3) is 0. The lowest BCUT2D eigenvalue weighted by molar-refractivity contribution is 1.18. The van der Waals surface area contributed by atoms with Crippen molar-refractivity contribution in [3.63, 3.8) is 0 Å². The molecule has 1 heterocycles. The summed E-state index contributed by atoms with van der Waals surface area (Å²) in [5.74, 6) is 0. The van der Waals surface area contributed by atoms with Crippen LogP contribution in [-0.4, -0.2) is 4.57 Å². The van der Waals surface area contributed by atoms with Crippen molar-refractivity contribution in [1.29, 1.82) is 0 Å². The van der Waals surface area contributed by atoms with E-state index < -0.39 is 0 Å². The van der Waals surface area contributed by atoms with Crippen molar-refractivity contribution in [2.75, 3.05) is 0 Å². The minimum atomic E-state index is 1.15. The van der Waals surface area contributed by atoms with Gasteiger partial charge < -0.3 is 4.57 Å². The number of benzene rings is 10. The Hall–Kier alpha value is -6.96. The van der Waals surface area contributed by atoms with Crippen LogP contribution in [0.4, 0.5) is 0 Å². The van der Waals surface area contributed by atoms with E-state index in [0.717, 1.165) is 5.69 Å². The fourth-order valence-corrected chi connectivity index (χ4v) is 8.75. The predicted octanol–water partition coefficient (Wildman–Crippen LogP) is 14.4. The molecule has 0 N–H and O–H groups in total. The van der Waals surface area contributed by atoms with Gasteiger partial charge in [-0.2, -0.15) is 0 Å². The lowest BCUT2D eigenvalue weighted by Crippen LogP contribution is -1.95. The number of hydrogen-bond acceptors (Lipinski definition) is 0. The predicted molar refractivity (Wildman–Crippen MR) is 227 cm³/mol. The minimum Gasteiger partial charge on any atom is -0.309 e. The number of rotatable bonds is 4. The summed E-state index contributed by atoms with van der Waals surface area (Å²) in [6, 6.07) is 73.5. The summed E-state index contributed by atoms with van der Waals surface area (Å²) in [4.78, 5) is 0. The van der Waals surface area contributed by atoms with Crippen LogP contribution in [0.2, 0.25) is 0 Å². The summed E-state index contributed by atoms with van der Waals surface area (Å²) in [6.07, 6.45) is 0. The minimum absolute atomic E-state index is 1.15. The molecule has 1 aromatic heterocycles. The topological polar surface area (TPSA) is 4.93 Å². The van der Waals surface area contributed by atoms with Crippen LogP contribution in [0.25, 0.3) is 104 Å². The van der Waals surface area contributed by atoms with Gasteiger partial charge >= 0.3 is 0 Å². The third-order valence-electron chi connectivity index (χ3n) is 11.2. The number of hydrogen-bond donors (Lipinski definition) is 0. The van der Waals surface area contributed by atoms with Crippen molar-refractivity contribution in [2.45, 2.75) is 0 Å². The molecule has 11 aromatic rings. The Morgan fingerprint density at radius 2 is 0.774 bits per heavy atom. The summed E-state index contributed by atoms with van der Waals surface area (Å²) < 4.78 is 2.42. The SMILES string of the molecule is c1ccc2cc(-c3ccc4c(c3)c3ccccc3n4-c3ccc(-c4c5ccccc5c(-c5cccc6ccccc56)c5ccccc45)cc3)ccc2c1. The fourth-order valence-electron chi connectivity index (χ4n) is 8.75. The highest BCUT2D eigenvalue weighted by molar-refractivity contribution is 6.23. The van der Waals surface area contributed by atoms with Crippen LogP contribution < -0.4 is 0 Å². The molecule has 0 fully saturated rings. The van der Waals surface area contributed by atoms with Crippen LogP contribution in [0.5, 0.6) is 0 Å². The molecule has 0 unspecified atom stereocenters. The first kappa shape index (κ1) is 29.7. The molecule has 1 nitrogen and oxygen atoms in total. The highest BCUT2D eigenvalue weighted by Crippen LogP contribution is 2.45. The molecule has 0 aliphatic rings. The zero-order valence-electron chi connectivity index (χ0n) is 29.0. The summed E-state index contributed by atoms with van der Waals surface area (Å²) in [7, 11) is 0. The van der Waals surface area contributed by atoms with Crippen molar-refractivity contribution >= 4 is 64.9 Å². The van der Waals surface area contributed by atoms with Gasteiger partial charge in [-0.25, -0.2) is 0 Å². The Kier molecular flexibility index (Phi) is 6.62. The Balaban J connectivity index is 1.08. The van der Waals surface area contributed by atoms with E-state index >= 15 is 0 Å². The van der Waals surface area contributed by atoms with Crippen molar-refractivity contribution in [1.82, 2.24) is 4.57 Å². The van der Waals surface area contributed by atoms with E-state index in [9.17, 15) is 0 Å². The van der Waals surface area contributed by atoms with Gasteiger partial charge in [0.05, 0.1) is 11.0 Å². The van der Waals surface area contributed by atoms with Gasteiger partial charge in [-0.3, -0.25) is 0 Å². The molecule has 246 valence electrons. The molecule has 0 saturated carbocycles. The van der Waals surface area contributed by atoms with Gasteiger partial charge in [-0.15, -0.1) is 0 Å². The zero-order valence-corrected chi connectivity index (χ0v) is 29.0. The summed E-state index contributed by atoms with van der Waals surface area (Å²) in [5, 5.41) is 12.6. The van der Waals surface area contributed by atoms with Gasteiger partial charge in [-0.05, 0) is 113 Å². The Morgan fingerprint density at radius 3 is 1.51 bits per heavy atom. The van der Waals surface area contributed by atoms with Gasteiger partial charge in [0.1, 0.15) is 0 Å². The quantitative estimate of drug-likeness (QED) is 0.164. The van der Waals surface area contributed by atoms with E-state index in [1.165, 1.54) is 98.3 Å². The first-order valence-electron chi connectivity index (χ1n) is 18.3. The van der Waals surface area contributed by atoms with Crippen molar-refractivity contribution in [3.8, 4) is 39.1 Å². The second-order valence-electron chi connectivity index (χ2n) is 14.1. The lowest BCUT2D eigenvalue weighted by atomic mass is 9.85. The third kappa shape index (κ3) is 4.64. The first-order valence-corrected chi connectivity index (χ1v) is 18.3. The highest BCUT2D eigenvalue weighted by Gasteiger charge is 2.19. The number of aromatic nitrogens is 1.